The van der Waals surface area contributed by atoms with E-state index in [-0.39, 0.29) is 0 Å². The van der Waals surface area contributed by atoms with E-state index in [0.717, 1.165) is 30.2 Å². The van der Waals surface area contributed by atoms with Crippen molar-refractivity contribution in [1.82, 2.24) is 5.43 Å². The lowest BCUT2D eigenvalue weighted by Crippen LogP contribution is -2.48. The Kier molecular flexibility index (Phi) is 3.07. The Morgan fingerprint density at radius 3 is 2.28 bits per heavy atom. The Morgan fingerprint density at radius 1 is 0.889 bits per heavy atom. The Balaban J connectivity index is 1.99. The molecule has 1 aliphatic heterocycles. The van der Waals surface area contributed by atoms with Crippen molar-refractivity contribution in [3.63, 3.8) is 0 Å². The van der Waals surface area contributed by atoms with Crippen LogP contribution in [-0.4, -0.2) is 18.9 Å². The number of amidine groups is 1. The van der Waals surface area contributed by atoms with E-state index in [9.17, 15) is 0 Å². The number of nitrogens with one attached hydrogen (secondary N) is 1. The maximum absolute atomic E-state index is 4.64. The molecule has 0 saturated heterocycles. The molecule has 0 bridgehead atoms. The predicted octanol–water partition coefficient (Wildman–Crippen LogP) is 2.46. The van der Waals surface area contributed by atoms with Crippen LogP contribution in [0.25, 0.3) is 0 Å². The van der Waals surface area contributed by atoms with Crippen molar-refractivity contribution in [3.05, 3.63) is 66.2 Å². The molecular weight excluding hydrogens is 222 g/mol. The van der Waals surface area contributed by atoms with Gasteiger partial charge in [-0.05, 0) is 12.1 Å². The maximum atomic E-state index is 4.64. The molecule has 18 heavy (non-hydrogen) atoms. The number of rotatable bonds is 2. The topological polar surface area (TPSA) is 27.6 Å². The molecule has 2 aromatic carbocycles. The van der Waals surface area contributed by atoms with Crippen molar-refractivity contribution in [3.8, 4) is 0 Å². The summed E-state index contributed by atoms with van der Waals surface area (Å²) in [7, 11) is 0. The summed E-state index contributed by atoms with van der Waals surface area (Å²) in [6.45, 7) is 1.68. The summed E-state index contributed by atoms with van der Waals surface area (Å²) in [5, 5.41) is 2.05. The van der Waals surface area contributed by atoms with E-state index < -0.39 is 0 Å². The second-order valence-corrected chi connectivity index (χ2v) is 4.15. The molecule has 3 nitrogen and oxygen atoms in total. The molecule has 1 aliphatic rings. The van der Waals surface area contributed by atoms with E-state index in [1.165, 1.54) is 0 Å². The largest absolute Gasteiger partial charge is 0.265 e. The second-order valence-electron chi connectivity index (χ2n) is 4.15. The fourth-order valence-corrected chi connectivity index (χ4v) is 2.07. The van der Waals surface area contributed by atoms with Gasteiger partial charge >= 0.3 is 0 Å². The summed E-state index contributed by atoms with van der Waals surface area (Å²) in [6.07, 6.45) is 0. The van der Waals surface area contributed by atoms with Gasteiger partial charge in [0, 0.05) is 12.1 Å². The van der Waals surface area contributed by atoms with Crippen LogP contribution in [0.2, 0.25) is 0 Å². The first kappa shape index (κ1) is 11.0. The third kappa shape index (κ3) is 2.13. The van der Waals surface area contributed by atoms with E-state index in [1.54, 1.807) is 0 Å². The lowest BCUT2D eigenvalue weighted by Gasteiger charge is -2.30. The molecule has 1 N–H and O–H groups in total. The van der Waals surface area contributed by atoms with Gasteiger partial charge < -0.3 is 0 Å². The van der Waals surface area contributed by atoms with Crippen molar-refractivity contribution < 1.29 is 0 Å². The van der Waals surface area contributed by atoms with Crippen molar-refractivity contribution >= 4 is 11.5 Å². The number of hydrogen-bond acceptors (Lipinski definition) is 3. The molecule has 90 valence electrons. The molecule has 3 heteroatoms. The summed E-state index contributed by atoms with van der Waals surface area (Å²) < 4.78 is 0. The Hall–Kier alpha value is -2.13. The minimum Gasteiger partial charge on any atom is -0.265 e. The molecule has 0 atom stereocenters. The van der Waals surface area contributed by atoms with Crippen LogP contribution in [-0.2, 0) is 0 Å². The molecule has 0 fully saturated rings. The fraction of sp³-hybridized carbons (Fsp3) is 0.133. The number of hydrogen-bond donors (Lipinski definition) is 1. The van der Waals surface area contributed by atoms with Crippen molar-refractivity contribution in [2.24, 2.45) is 4.99 Å². The molecule has 1 heterocycles. The second kappa shape index (κ2) is 5.02. The highest BCUT2D eigenvalue weighted by atomic mass is 15.5. The number of anilines is 1. The quantitative estimate of drug-likeness (QED) is 0.868. The van der Waals surface area contributed by atoms with E-state index in [0.29, 0.717) is 0 Å². The zero-order valence-electron chi connectivity index (χ0n) is 10.1. The minimum absolute atomic E-state index is 0.813. The summed E-state index contributed by atoms with van der Waals surface area (Å²) in [6, 6.07) is 20.5. The molecule has 0 unspecified atom stereocenters. The van der Waals surface area contributed by atoms with E-state index in [2.05, 4.69) is 39.7 Å². The number of para-hydroxylation sites is 1. The fourth-order valence-electron chi connectivity index (χ4n) is 2.07. The average molecular weight is 237 g/mol. The predicted molar refractivity (Wildman–Crippen MR) is 74.8 cm³/mol. The lowest BCUT2D eigenvalue weighted by atomic mass is 10.2. The van der Waals surface area contributed by atoms with Gasteiger partial charge in [0.2, 0.25) is 0 Å². The summed E-state index contributed by atoms with van der Waals surface area (Å²) >= 11 is 0. The van der Waals surface area contributed by atoms with Gasteiger partial charge in [-0.15, -0.1) is 0 Å². The molecule has 0 saturated carbocycles. The van der Waals surface area contributed by atoms with Gasteiger partial charge in [0.15, 0.2) is 0 Å². The Labute approximate surface area is 107 Å². The van der Waals surface area contributed by atoms with Crippen LogP contribution in [0.1, 0.15) is 5.56 Å². The van der Waals surface area contributed by atoms with Crippen molar-refractivity contribution in [2.75, 3.05) is 18.1 Å². The lowest BCUT2D eigenvalue weighted by molar-refractivity contribution is 0.690. The first-order chi connectivity index (χ1) is 8.95. The van der Waals surface area contributed by atoms with Gasteiger partial charge in [-0.2, -0.15) is 0 Å². The highest BCUT2D eigenvalue weighted by Gasteiger charge is 2.17. The van der Waals surface area contributed by atoms with Crippen LogP contribution < -0.4 is 10.4 Å². The molecule has 3 rings (SSSR count). The molecule has 0 aromatic heterocycles. The molecule has 0 spiro atoms. The number of hydrazine groups is 1. The first-order valence-corrected chi connectivity index (χ1v) is 6.14. The summed E-state index contributed by atoms with van der Waals surface area (Å²) in [4.78, 5) is 4.64. The van der Waals surface area contributed by atoms with Gasteiger partial charge in [-0.25, -0.2) is 5.43 Å². The van der Waals surface area contributed by atoms with Gasteiger partial charge in [0.05, 0.1) is 12.2 Å². The van der Waals surface area contributed by atoms with Crippen LogP contribution in [0.5, 0.6) is 0 Å². The Morgan fingerprint density at radius 2 is 1.56 bits per heavy atom. The van der Waals surface area contributed by atoms with Crippen LogP contribution in [0.15, 0.2) is 65.7 Å². The summed E-state index contributed by atoms with van der Waals surface area (Å²) in [5.41, 5.74) is 5.63. The van der Waals surface area contributed by atoms with Crippen molar-refractivity contribution in [2.45, 2.75) is 0 Å². The van der Waals surface area contributed by atoms with Crippen LogP contribution >= 0.6 is 0 Å². The SMILES string of the molecule is c1ccc(C2=NCCNN2c2ccccc2)cc1. The van der Waals surface area contributed by atoms with Crippen LogP contribution in [0, 0.1) is 0 Å². The molecule has 0 radical (unpaired) electrons. The van der Waals surface area contributed by atoms with Gasteiger partial charge in [0.1, 0.15) is 5.84 Å². The smallest absolute Gasteiger partial charge is 0.150 e. The number of aliphatic imine (C=N–C) groups is 1. The highest BCUT2D eigenvalue weighted by molar-refractivity contribution is 6.09. The third-order valence-electron chi connectivity index (χ3n) is 2.90. The molecule has 2 aromatic rings. The monoisotopic (exact) mass is 237 g/mol. The van der Waals surface area contributed by atoms with E-state index in [1.807, 2.05) is 36.4 Å². The van der Waals surface area contributed by atoms with Gasteiger partial charge in [-0.1, -0.05) is 48.5 Å². The maximum Gasteiger partial charge on any atom is 0.150 e. The zero-order valence-corrected chi connectivity index (χ0v) is 10.1. The zero-order chi connectivity index (χ0) is 12.2. The van der Waals surface area contributed by atoms with Crippen LogP contribution in [0.3, 0.4) is 0 Å². The minimum atomic E-state index is 0.813. The molecule has 0 amide bonds. The first-order valence-electron chi connectivity index (χ1n) is 6.14. The highest BCUT2D eigenvalue weighted by Crippen LogP contribution is 2.16. The standard InChI is InChI=1S/C15H15N3/c1-3-7-13(8-4-1)15-16-11-12-17-18(15)14-9-5-2-6-10-14/h1-10,17H,11-12H2. The third-order valence-corrected chi connectivity index (χ3v) is 2.90. The van der Waals surface area contributed by atoms with Crippen molar-refractivity contribution in [1.29, 1.82) is 0 Å². The van der Waals surface area contributed by atoms with E-state index >= 15 is 0 Å². The Bertz CT molecular complexity index is 534. The normalized spacial score (nSPS) is 15.3. The van der Waals surface area contributed by atoms with Gasteiger partial charge in [-0.3, -0.25) is 10.0 Å². The number of nitrogens with zero attached hydrogens (tertiary/aromatic N) is 2. The number of benzene rings is 2. The van der Waals surface area contributed by atoms with Gasteiger partial charge in [0.25, 0.3) is 0 Å². The van der Waals surface area contributed by atoms with E-state index in [4.69, 9.17) is 0 Å². The molecular formula is C15H15N3. The average Bonchev–Trinajstić information content (AvgIpc) is 2.49. The van der Waals surface area contributed by atoms with Crippen LogP contribution in [0.4, 0.5) is 5.69 Å². The molecule has 0 aliphatic carbocycles. The summed E-state index contributed by atoms with van der Waals surface area (Å²) in [5.74, 6) is 0.980.